The Labute approximate surface area is 111 Å². The molecule has 0 spiro atoms. The van der Waals surface area contributed by atoms with Crippen molar-refractivity contribution in [3.63, 3.8) is 0 Å². The van der Waals surface area contributed by atoms with Gasteiger partial charge in [0.05, 0.1) is 13.4 Å². The van der Waals surface area contributed by atoms with Crippen molar-refractivity contribution in [2.75, 3.05) is 7.11 Å². The zero-order chi connectivity index (χ0) is 13.2. The summed E-state index contributed by atoms with van der Waals surface area (Å²) in [6.45, 7) is 0. The fourth-order valence-corrected chi connectivity index (χ4v) is 2.15. The highest BCUT2D eigenvalue weighted by atomic mass is 16.5. The maximum Gasteiger partial charge on any atom is 0.137 e. The van der Waals surface area contributed by atoms with E-state index in [2.05, 4.69) is 0 Å². The smallest absolute Gasteiger partial charge is 0.137 e. The molecule has 1 N–H and O–H groups in total. The van der Waals surface area contributed by atoms with E-state index in [0.717, 1.165) is 22.1 Å². The van der Waals surface area contributed by atoms with Gasteiger partial charge >= 0.3 is 0 Å². The molecule has 0 aliphatic heterocycles. The number of furan rings is 1. The Morgan fingerprint density at radius 2 is 1.84 bits per heavy atom. The summed E-state index contributed by atoms with van der Waals surface area (Å²) in [7, 11) is 1.65. The lowest BCUT2D eigenvalue weighted by Gasteiger charge is -2.10. The van der Waals surface area contributed by atoms with Crippen LogP contribution in [0, 0.1) is 0 Å². The molecule has 3 aromatic rings. The molecule has 0 saturated carbocycles. The molecule has 0 bridgehead atoms. The molecule has 0 unspecified atom stereocenters. The minimum absolute atomic E-state index is 0.549. The van der Waals surface area contributed by atoms with Crippen LogP contribution in [0.15, 0.2) is 59.2 Å². The molecular formula is C16H14O3. The van der Waals surface area contributed by atoms with Gasteiger partial charge < -0.3 is 14.3 Å². The lowest BCUT2D eigenvalue weighted by Crippen LogP contribution is -1.97. The van der Waals surface area contributed by atoms with E-state index in [1.807, 2.05) is 36.4 Å². The van der Waals surface area contributed by atoms with Crippen LogP contribution in [0.4, 0.5) is 0 Å². The van der Waals surface area contributed by atoms with Crippen LogP contribution in [0.1, 0.15) is 17.4 Å². The first-order valence-corrected chi connectivity index (χ1v) is 6.07. The Morgan fingerprint density at radius 3 is 2.58 bits per heavy atom. The zero-order valence-electron chi connectivity index (χ0n) is 10.5. The molecule has 1 heterocycles. The number of hydrogen-bond acceptors (Lipinski definition) is 3. The van der Waals surface area contributed by atoms with Gasteiger partial charge in [0, 0.05) is 0 Å². The van der Waals surface area contributed by atoms with Gasteiger partial charge in [0.1, 0.15) is 17.6 Å². The third-order valence-electron chi connectivity index (χ3n) is 3.20. The van der Waals surface area contributed by atoms with Crippen molar-refractivity contribution in [3.05, 3.63) is 66.1 Å². The topological polar surface area (TPSA) is 42.6 Å². The van der Waals surface area contributed by atoms with Gasteiger partial charge in [-0.3, -0.25) is 0 Å². The SMILES string of the molecule is COc1ccc2cc([C@H](O)c3ccco3)ccc2c1. The number of benzene rings is 2. The van der Waals surface area contributed by atoms with Gasteiger partial charge in [-0.05, 0) is 46.7 Å². The number of ether oxygens (including phenoxy) is 1. The molecule has 0 fully saturated rings. The lowest BCUT2D eigenvalue weighted by molar-refractivity contribution is 0.189. The van der Waals surface area contributed by atoms with Crippen LogP contribution in [-0.4, -0.2) is 12.2 Å². The van der Waals surface area contributed by atoms with Gasteiger partial charge in [-0.1, -0.05) is 18.2 Å². The Kier molecular flexibility index (Phi) is 2.97. The summed E-state index contributed by atoms with van der Waals surface area (Å²) in [4.78, 5) is 0. The number of hydrogen-bond donors (Lipinski definition) is 1. The molecule has 1 aromatic heterocycles. The molecule has 96 valence electrons. The second-order valence-corrected chi connectivity index (χ2v) is 4.39. The average Bonchev–Trinajstić information content (AvgIpc) is 2.99. The van der Waals surface area contributed by atoms with Gasteiger partial charge in [-0.2, -0.15) is 0 Å². The number of methoxy groups -OCH3 is 1. The highest BCUT2D eigenvalue weighted by molar-refractivity contribution is 5.84. The fraction of sp³-hybridized carbons (Fsp3) is 0.125. The first-order chi connectivity index (χ1) is 9.28. The number of aliphatic hydroxyl groups excluding tert-OH is 1. The van der Waals surface area contributed by atoms with Crippen LogP contribution in [0.2, 0.25) is 0 Å². The third kappa shape index (κ3) is 2.20. The van der Waals surface area contributed by atoms with Gasteiger partial charge in [0.15, 0.2) is 0 Å². The van der Waals surface area contributed by atoms with Crippen LogP contribution < -0.4 is 4.74 Å². The predicted molar refractivity (Wildman–Crippen MR) is 73.3 cm³/mol. The van der Waals surface area contributed by atoms with E-state index in [1.54, 1.807) is 25.5 Å². The molecule has 2 aromatic carbocycles. The predicted octanol–water partition coefficient (Wildman–Crippen LogP) is 3.52. The van der Waals surface area contributed by atoms with Gasteiger partial charge in [-0.15, -0.1) is 0 Å². The summed E-state index contributed by atoms with van der Waals surface area (Å²) in [5.41, 5.74) is 0.813. The highest BCUT2D eigenvalue weighted by Gasteiger charge is 2.13. The van der Waals surface area contributed by atoms with E-state index in [-0.39, 0.29) is 0 Å². The molecule has 0 aliphatic rings. The second kappa shape index (κ2) is 4.78. The largest absolute Gasteiger partial charge is 0.497 e. The standard InChI is InChI=1S/C16H14O3/c1-18-14-7-6-11-9-13(5-4-12(11)10-14)16(17)15-3-2-8-19-15/h2-10,16-17H,1H3/t16-/m0/s1. The Hall–Kier alpha value is -2.26. The van der Waals surface area contributed by atoms with Crippen LogP contribution in [0.3, 0.4) is 0 Å². The molecular weight excluding hydrogens is 240 g/mol. The van der Waals surface area contributed by atoms with Crippen molar-refractivity contribution in [2.45, 2.75) is 6.10 Å². The first-order valence-electron chi connectivity index (χ1n) is 6.07. The normalized spacial score (nSPS) is 12.5. The molecule has 0 amide bonds. The summed E-state index contributed by atoms with van der Waals surface area (Å²) in [5, 5.41) is 12.4. The van der Waals surface area contributed by atoms with Crippen molar-refractivity contribution in [2.24, 2.45) is 0 Å². The molecule has 19 heavy (non-hydrogen) atoms. The third-order valence-corrected chi connectivity index (χ3v) is 3.20. The summed E-state index contributed by atoms with van der Waals surface area (Å²) in [6, 6.07) is 15.2. The maximum atomic E-state index is 10.2. The van der Waals surface area contributed by atoms with Crippen LogP contribution >= 0.6 is 0 Å². The first kappa shape index (κ1) is 11.8. The number of fused-ring (bicyclic) bond motifs is 1. The van der Waals surface area contributed by atoms with Crippen molar-refractivity contribution in [1.29, 1.82) is 0 Å². The summed E-state index contributed by atoms with van der Waals surface area (Å²) in [5.74, 6) is 1.37. The Balaban J connectivity index is 2.02. The van der Waals surface area contributed by atoms with E-state index in [4.69, 9.17) is 9.15 Å². The maximum absolute atomic E-state index is 10.2. The molecule has 0 radical (unpaired) electrons. The van der Waals surface area contributed by atoms with Crippen molar-refractivity contribution in [1.82, 2.24) is 0 Å². The minimum atomic E-state index is -0.735. The van der Waals surface area contributed by atoms with E-state index in [0.29, 0.717) is 5.76 Å². The summed E-state index contributed by atoms with van der Waals surface area (Å²) >= 11 is 0. The monoisotopic (exact) mass is 254 g/mol. The molecule has 0 aliphatic carbocycles. The molecule has 0 saturated heterocycles. The van der Waals surface area contributed by atoms with E-state index >= 15 is 0 Å². The minimum Gasteiger partial charge on any atom is -0.497 e. The van der Waals surface area contributed by atoms with Gasteiger partial charge in [-0.25, -0.2) is 0 Å². The summed E-state index contributed by atoms with van der Waals surface area (Å²) in [6.07, 6.45) is 0.825. The number of rotatable bonds is 3. The summed E-state index contributed by atoms with van der Waals surface area (Å²) < 4.78 is 10.4. The zero-order valence-corrected chi connectivity index (χ0v) is 10.5. The van der Waals surface area contributed by atoms with E-state index in [1.165, 1.54) is 0 Å². The Morgan fingerprint density at radius 1 is 1.05 bits per heavy atom. The van der Waals surface area contributed by atoms with Crippen molar-refractivity contribution >= 4 is 10.8 Å². The molecule has 3 rings (SSSR count). The van der Waals surface area contributed by atoms with Crippen LogP contribution in [0.5, 0.6) is 5.75 Å². The molecule has 1 atom stereocenters. The lowest BCUT2D eigenvalue weighted by atomic mass is 10.0. The van der Waals surface area contributed by atoms with Gasteiger partial charge in [0.2, 0.25) is 0 Å². The molecule has 3 heteroatoms. The average molecular weight is 254 g/mol. The Bertz CT molecular complexity index is 686. The van der Waals surface area contributed by atoms with Crippen LogP contribution in [-0.2, 0) is 0 Å². The quantitative estimate of drug-likeness (QED) is 0.777. The van der Waals surface area contributed by atoms with E-state index in [9.17, 15) is 5.11 Å². The van der Waals surface area contributed by atoms with E-state index < -0.39 is 6.10 Å². The molecule has 3 nitrogen and oxygen atoms in total. The second-order valence-electron chi connectivity index (χ2n) is 4.39. The highest BCUT2D eigenvalue weighted by Crippen LogP contribution is 2.27. The number of aliphatic hydroxyl groups is 1. The van der Waals surface area contributed by atoms with Crippen molar-refractivity contribution in [3.8, 4) is 5.75 Å². The van der Waals surface area contributed by atoms with Crippen LogP contribution in [0.25, 0.3) is 10.8 Å². The van der Waals surface area contributed by atoms with Crippen molar-refractivity contribution < 1.29 is 14.3 Å². The fourth-order valence-electron chi connectivity index (χ4n) is 2.15. The van der Waals surface area contributed by atoms with Gasteiger partial charge in [0.25, 0.3) is 0 Å².